The van der Waals surface area contributed by atoms with Crippen molar-refractivity contribution in [3.63, 3.8) is 0 Å². The van der Waals surface area contributed by atoms with E-state index in [0.717, 1.165) is 0 Å². The number of nitrogens with one attached hydrogen (secondary N) is 1. The highest BCUT2D eigenvalue weighted by Gasteiger charge is 2.28. The van der Waals surface area contributed by atoms with Gasteiger partial charge in [-0.1, -0.05) is 19.9 Å². The van der Waals surface area contributed by atoms with Crippen LogP contribution in [0.25, 0.3) is 0 Å². The van der Waals surface area contributed by atoms with Crippen molar-refractivity contribution in [2.45, 2.75) is 33.7 Å². The molecule has 0 bridgehead atoms. The van der Waals surface area contributed by atoms with Gasteiger partial charge >= 0.3 is 0 Å². The van der Waals surface area contributed by atoms with E-state index in [2.05, 4.69) is 5.32 Å². The van der Waals surface area contributed by atoms with Crippen molar-refractivity contribution in [2.24, 2.45) is 5.92 Å². The Bertz CT molecular complexity index is 610. The van der Waals surface area contributed by atoms with Gasteiger partial charge in [0.1, 0.15) is 5.82 Å². The van der Waals surface area contributed by atoms with Crippen LogP contribution in [0.4, 0.5) is 10.1 Å². The minimum absolute atomic E-state index is 0.00583. The fraction of sp³-hybridized carbons (Fsp3) is 0.556. The molecule has 1 N–H and O–H groups in total. The summed E-state index contributed by atoms with van der Waals surface area (Å²) < 4.78 is 13.6. The molecule has 0 aliphatic carbocycles. The molecule has 5 nitrogen and oxygen atoms in total. The number of aryl methyl sites for hydroxylation is 1. The number of anilines is 1. The minimum atomic E-state index is -0.332. The molecule has 2 amide bonds. The number of amides is 2. The van der Waals surface area contributed by atoms with Crippen LogP contribution in [0.1, 0.15) is 26.3 Å². The zero-order valence-electron chi connectivity index (χ0n) is 14.8. The van der Waals surface area contributed by atoms with E-state index in [4.69, 9.17) is 0 Å². The molecule has 0 saturated carbocycles. The van der Waals surface area contributed by atoms with Gasteiger partial charge in [-0.25, -0.2) is 4.39 Å². The highest BCUT2D eigenvalue weighted by atomic mass is 19.1. The molecule has 1 aromatic rings. The number of piperazine rings is 1. The second kappa shape index (κ2) is 7.75. The van der Waals surface area contributed by atoms with Gasteiger partial charge in [0.05, 0.1) is 6.04 Å². The van der Waals surface area contributed by atoms with Crippen LogP contribution in [-0.2, 0) is 9.59 Å². The average molecular weight is 335 g/mol. The average Bonchev–Trinajstić information content (AvgIpc) is 2.56. The molecule has 0 radical (unpaired) electrons. The van der Waals surface area contributed by atoms with Crippen molar-refractivity contribution in [1.29, 1.82) is 0 Å². The molecule has 1 heterocycles. The van der Waals surface area contributed by atoms with Gasteiger partial charge in [0.25, 0.3) is 0 Å². The maximum absolute atomic E-state index is 13.6. The predicted octanol–water partition coefficient (Wildman–Crippen LogP) is 2.26. The Morgan fingerprint density at radius 2 is 1.75 bits per heavy atom. The summed E-state index contributed by atoms with van der Waals surface area (Å²) in [6, 6.07) is 4.35. The van der Waals surface area contributed by atoms with Crippen LogP contribution in [-0.4, -0.2) is 53.8 Å². The Labute approximate surface area is 142 Å². The second-order valence-electron chi connectivity index (χ2n) is 6.65. The number of rotatable bonds is 4. The smallest absolute Gasteiger partial charge is 0.241 e. The number of carbonyl (C=O) groups is 2. The highest BCUT2D eigenvalue weighted by molar-refractivity contribution is 5.94. The molecule has 1 fully saturated rings. The standard InChI is InChI=1S/C18H26FN3O2/c1-12(2)18(24)22-9-7-21(8-10-22)14(4)17(23)20-15-6-5-13(3)16(19)11-15/h5-6,11-12,14H,7-10H2,1-4H3,(H,20,23). The van der Waals surface area contributed by atoms with Crippen LogP contribution in [0.3, 0.4) is 0 Å². The first-order valence-electron chi connectivity index (χ1n) is 8.39. The molecule has 1 atom stereocenters. The SMILES string of the molecule is Cc1ccc(NC(=O)C(C)N2CCN(C(=O)C(C)C)CC2)cc1F. The van der Waals surface area contributed by atoms with E-state index < -0.39 is 0 Å². The van der Waals surface area contributed by atoms with Gasteiger partial charge in [-0.3, -0.25) is 14.5 Å². The van der Waals surface area contributed by atoms with Crippen LogP contribution in [0.15, 0.2) is 18.2 Å². The molecular weight excluding hydrogens is 309 g/mol. The van der Waals surface area contributed by atoms with Gasteiger partial charge < -0.3 is 10.2 Å². The molecule has 0 aromatic heterocycles. The Morgan fingerprint density at radius 3 is 2.29 bits per heavy atom. The maximum atomic E-state index is 13.6. The van der Waals surface area contributed by atoms with Crippen molar-refractivity contribution in [3.05, 3.63) is 29.6 Å². The zero-order valence-corrected chi connectivity index (χ0v) is 14.8. The summed E-state index contributed by atoms with van der Waals surface area (Å²) in [4.78, 5) is 28.3. The molecule has 6 heteroatoms. The van der Waals surface area contributed by atoms with Gasteiger partial charge in [0.2, 0.25) is 11.8 Å². The molecule has 1 saturated heterocycles. The Balaban J connectivity index is 1.90. The van der Waals surface area contributed by atoms with E-state index in [1.807, 2.05) is 30.6 Å². The van der Waals surface area contributed by atoms with Gasteiger partial charge in [-0.2, -0.15) is 0 Å². The van der Waals surface area contributed by atoms with Gasteiger partial charge in [-0.05, 0) is 31.5 Å². The molecule has 1 aliphatic rings. The molecule has 132 valence electrons. The molecular formula is C18H26FN3O2. The maximum Gasteiger partial charge on any atom is 0.241 e. The van der Waals surface area contributed by atoms with E-state index in [9.17, 15) is 14.0 Å². The van der Waals surface area contributed by atoms with E-state index in [1.54, 1.807) is 19.1 Å². The van der Waals surface area contributed by atoms with Crippen LogP contribution in [0.2, 0.25) is 0 Å². The van der Waals surface area contributed by atoms with Crippen LogP contribution >= 0.6 is 0 Å². The van der Waals surface area contributed by atoms with Crippen molar-refractivity contribution in [3.8, 4) is 0 Å². The third-order valence-electron chi connectivity index (χ3n) is 4.49. The summed E-state index contributed by atoms with van der Waals surface area (Å²) >= 11 is 0. The first kappa shape index (κ1) is 18.4. The van der Waals surface area contributed by atoms with Crippen molar-refractivity contribution < 1.29 is 14.0 Å². The number of nitrogens with zero attached hydrogens (tertiary/aromatic N) is 2. The number of hydrogen-bond acceptors (Lipinski definition) is 3. The zero-order chi connectivity index (χ0) is 17.9. The Kier molecular flexibility index (Phi) is 5.94. The fourth-order valence-electron chi connectivity index (χ4n) is 2.78. The lowest BCUT2D eigenvalue weighted by Crippen LogP contribution is -2.54. The lowest BCUT2D eigenvalue weighted by Gasteiger charge is -2.38. The molecule has 24 heavy (non-hydrogen) atoms. The topological polar surface area (TPSA) is 52.7 Å². The Morgan fingerprint density at radius 1 is 1.12 bits per heavy atom. The summed E-state index contributed by atoms with van der Waals surface area (Å²) in [6.45, 7) is 9.89. The highest BCUT2D eigenvalue weighted by Crippen LogP contribution is 2.15. The van der Waals surface area contributed by atoms with Gasteiger partial charge in [0, 0.05) is 37.8 Å². The monoisotopic (exact) mass is 335 g/mol. The normalized spacial score (nSPS) is 17.0. The number of hydrogen-bond donors (Lipinski definition) is 1. The third kappa shape index (κ3) is 4.32. The first-order chi connectivity index (χ1) is 11.3. The van der Waals surface area contributed by atoms with Crippen molar-refractivity contribution in [2.75, 3.05) is 31.5 Å². The molecule has 1 aromatic carbocycles. The van der Waals surface area contributed by atoms with Crippen molar-refractivity contribution in [1.82, 2.24) is 9.80 Å². The fourth-order valence-corrected chi connectivity index (χ4v) is 2.78. The lowest BCUT2D eigenvalue weighted by molar-refractivity contribution is -0.136. The van der Waals surface area contributed by atoms with E-state index in [1.165, 1.54) is 6.07 Å². The van der Waals surface area contributed by atoms with E-state index in [-0.39, 0.29) is 29.6 Å². The summed E-state index contributed by atoms with van der Waals surface area (Å²) in [5, 5.41) is 2.76. The van der Waals surface area contributed by atoms with Crippen LogP contribution < -0.4 is 5.32 Å². The number of carbonyl (C=O) groups excluding carboxylic acids is 2. The third-order valence-corrected chi connectivity index (χ3v) is 4.49. The molecule has 1 unspecified atom stereocenters. The summed E-state index contributed by atoms with van der Waals surface area (Å²) in [5.74, 6) is -0.348. The predicted molar refractivity (Wildman–Crippen MR) is 92.2 cm³/mol. The minimum Gasteiger partial charge on any atom is -0.340 e. The number of benzene rings is 1. The number of halogens is 1. The quantitative estimate of drug-likeness (QED) is 0.918. The van der Waals surface area contributed by atoms with Crippen molar-refractivity contribution >= 4 is 17.5 Å². The summed E-state index contributed by atoms with van der Waals surface area (Å²) in [6.07, 6.45) is 0. The van der Waals surface area contributed by atoms with Crippen LogP contribution in [0, 0.1) is 18.7 Å². The molecule has 1 aliphatic heterocycles. The van der Waals surface area contributed by atoms with E-state index in [0.29, 0.717) is 37.4 Å². The Hall–Kier alpha value is -1.95. The summed E-state index contributed by atoms with van der Waals surface area (Å²) in [5.41, 5.74) is 1.01. The first-order valence-corrected chi connectivity index (χ1v) is 8.39. The van der Waals surface area contributed by atoms with Gasteiger partial charge in [-0.15, -0.1) is 0 Å². The molecule has 0 spiro atoms. The van der Waals surface area contributed by atoms with E-state index >= 15 is 0 Å². The lowest BCUT2D eigenvalue weighted by atomic mass is 10.1. The van der Waals surface area contributed by atoms with Gasteiger partial charge in [0.15, 0.2) is 0 Å². The van der Waals surface area contributed by atoms with Crippen LogP contribution in [0.5, 0.6) is 0 Å². The second-order valence-corrected chi connectivity index (χ2v) is 6.65. The largest absolute Gasteiger partial charge is 0.340 e. The molecule has 2 rings (SSSR count). The summed E-state index contributed by atoms with van der Waals surface area (Å²) in [7, 11) is 0.